The zero-order chi connectivity index (χ0) is 83.6. The minimum absolute atomic E-state index is 0.0227. The molecule has 25 nitrogen and oxygen atoms in total. The molecule has 3 saturated heterocycles. The first-order valence-corrected chi connectivity index (χ1v) is 38.4. The summed E-state index contributed by atoms with van der Waals surface area (Å²) in [5, 5.41) is 16.5. The van der Waals surface area contributed by atoms with Crippen molar-refractivity contribution in [2.45, 2.75) is 108 Å². The highest BCUT2D eigenvalue weighted by atomic mass is 19.4. The summed E-state index contributed by atoms with van der Waals surface area (Å²) in [5.41, 5.74) is 26.2. The lowest BCUT2D eigenvalue weighted by molar-refractivity contribution is -0.140. The molecule has 15 rings (SSSR count). The Hall–Kier alpha value is -13.6. The van der Waals surface area contributed by atoms with E-state index < -0.39 is 40.5 Å². The number of nitrogen functional groups attached to an aromatic ring is 3. The van der Waals surface area contributed by atoms with Gasteiger partial charge in [0.15, 0.2) is 34.3 Å². The van der Waals surface area contributed by atoms with Crippen LogP contribution >= 0.6 is 0 Å². The molecule has 0 aliphatic carbocycles. The summed E-state index contributed by atoms with van der Waals surface area (Å²) in [6, 6.07) is 33.8. The van der Waals surface area contributed by atoms with Crippen molar-refractivity contribution < 1.29 is 59.8 Å². The van der Waals surface area contributed by atoms with Gasteiger partial charge in [-0.25, -0.2) is 57.1 Å². The van der Waals surface area contributed by atoms with Crippen LogP contribution in [0.25, 0.3) is 66.9 Å². The van der Waals surface area contributed by atoms with Crippen molar-refractivity contribution >= 4 is 85.6 Å². The number of methoxy groups -OCH3 is 1. The van der Waals surface area contributed by atoms with Crippen LogP contribution in [-0.4, -0.2) is 155 Å². The number of fused-ring (bicyclic) bond motifs is 3. The van der Waals surface area contributed by atoms with Crippen molar-refractivity contribution in [3.8, 4) is 39.5 Å². The lowest BCUT2D eigenvalue weighted by atomic mass is 9.98. The Morgan fingerprint density at radius 2 is 0.847 bits per heavy atom. The van der Waals surface area contributed by atoms with Crippen LogP contribution in [0.4, 0.5) is 43.8 Å². The van der Waals surface area contributed by atoms with E-state index in [4.69, 9.17) is 37.2 Å². The average Bonchev–Trinajstić information content (AvgIpc) is 1.62. The normalized spacial score (nSPS) is 15.5. The molecule has 6 aromatic carbocycles. The van der Waals surface area contributed by atoms with Gasteiger partial charge in [0.2, 0.25) is 17.7 Å². The van der Waals surface area contributed by atoms with Crippen LogP contribution in [0.3, 0.4) is 0 Å². The molecule has 6 aromatic heterocycles. The maximum Gasteiger partial charge on any atom is 0.419 e. The standard InChI is InChI=1S/C29H26F4N6O2.C29H29FN6O3.C29H29FN6O2/c1-2-23(41)38-14-4-5-19(15-38)39-28-24(27(34)35-16-36-28)26(37-39)18-11-8-17(9-12-18)10-13-22(40)20-6-3-7-21(25(20)30)29(31,32)33;1-3-25(38)35-14-4-5-20(16-35)36-29-26(28(31)32-17-33-29)27(34-36)19-9-6-18(7-10-19)8-13-24(37)22-15-21(39-2)11-12-23(22)30;1-3-24(38)35-15-5-7-21(16-35)36-29-26(28(31)32-17-33-29)27(34-36)20-12-9-19(10-13-20)11-14-23(37)25-18(2)6-4-8-22(25)30/h2-3,6-9,11-12,16,19H,1,4-5,10,13-15H2,(H2,34,35,36);3,6-7,9-12,15,17,20H,1,4-5,8,13-14,16H2,2H3,(H2,31,32,33);3-4,6,8-10,12-13,17,21H,1,5,7,11,14-16H2,2H3,(H2,31,32,33). The summed E-state index contributed by atoms with van der Waals surface area (Å²) in [5.74, 6) is -2.82. The smallest absolute Gasteiger partial charge is 0.419 e. The molecule has 3 fully saturated rings. The van der Waals surface area contributed by atoms with Crippen molar-refractivity contribution in [2.24, 2.45) is 0 Å². The lowest BCUT2D eigenvalue weighted by Gasteiger charge is -2.32. The van der Waals surface area contributed by atoms with Crippen LogP contribution in [0.15, 0.2) is 184 Å². The number of aromatic nitrogens is 12. The molecule has 0 bridgehead atoms. The molecule has 3 amide bonds. The van der Waals surface area contributed by atoms with Gasteiger partial charge in [0, 0.05) is 75.2 Å². The predicted molar refractivity (Wildman–Crippen MR) is 434 cm³/mol. The number of hydrogen-bond acceptors (Lipinski definition) is 19. The second-order valence-electron chi connectivity index (χ2n) is 28.9. The van der Waals surface area contributed by atoms with E-state index in [1.165, 1.54) is 68.6 Å². The number of carbonyl (C=O) groups is 6. The summed E-state index contributed by atoms with van der Waals surface area (Å²) in [4.78, 5) is 106. The zero-order valence-electron chi connectivity index (χ0n) is 64.7. The summed E-state index contributed by atoms with van der Waals surface area (Å²) < 4.78 is 92.4. The minimum Gasteiger partial charge on any atom is -0.497 e. The third-order valence-corrected chi connectivity index (χ3v) is 21.4. The fourth-order valence-electron chi connectivity index (χ4n) is 15.3. The first kappa shape index (κ1) is 82.4. The number of nitrogens with two attached hydrogens (primary N) is 3. The van der Waals surface area contributed by atoms with Crippen LogP contribution in [0.2, 0.25) is 0 Å². The Labute approximate surface area is 674 Å². The number of rotatable bonds is 22. The number of nitrogens with zero attached hydrogens (tertiary/aromatic N) is 15. The van der Waals surface area contributed by atoms with Crippen molar-refractivity contribution in [1.82, 2.24) is 73.9 Å². The topological polar surface area (TPSA) is 330 Å². The van der Waals surface area contributed by atoms with Gasteiger partial charge in [0.1, 0.15) is 76.7 Å². The van der Waals surface area contributed by atoms with E-state index in [0.717, 1.165) is 78.5 Å². The number of halogens is 6. The number of likely N-dealkylation sites (tertiary alicyclic amines) is 3. The third-order valence-electron chi connectivity index (χ3n) is 21.4. The van der Waals surface area contributed by atoms with Gasteiger partial charge in [-0.05, 0) is 142 Å². The number of Topliss-reactive ketones (excluding diaryl/α,β-unsaturated/α-hetero) is 3. The molecule has 3 atom stereocenters. The third kappa shape index (κ3) is 17.9. The van der Waals surface area contributed by atoms with Crippen molar-refractivity contribution in [3.63, 3.8) is 0 Å². The number of ketones is 3. The SMILES string of the molecule is C=CC(=O)N1CCCC(n2nc(-c3ccc(CCC(=O)c4c(C)cccc4F)cc3)c3c(N)ncnc32)C1.C=CC(=O)N1CCCC(n2nc(-c3ccc(CCC(=O)c4cc(OC)ccc4F)cc3)c3c(N)ncnc32)C1.C=CC(=O)N1CCCC(n2nc(-c3ccc(CCC(=O)c4cccc(C(F)(F)F)c4F)cc3)c3c(N)ncnc32)C1. The number of amides is 3. The molecule has 606 valence electrons. The van der Waals surface area contributed by atoms with Gasteiger partial charge in [-0.2, -0.15) is 28.5 Å². The number of benzene rings is 6. The van der Waals surface area contributed by atoms with Gasteiger partial charge in [0.25, 0.3) is 0 Å². The fraction of sp³-hybridized carbons (Fsp3) is 0.276. The predicted octanol–water partition coefficient (Wildman–Crippen LogP) is 14.5. The van der Waals surface area contributed by atoms with Gasteiger partial charge < -0.3 is 36.6 Å². The molecule has 0 spiro atoms. The van der Waals surface area contributed by atoms with E-state index in [9.17, 15) is 55.1 Å². The Bertz CT molecular complexity index is 5810. The highest BCUT2D eigenvalue weighted by Crippen LogP contribution is 2.40. The highest BCUT2D eigenvalue weighted by molar-refractivity contribution is 6.02. The quantitative estimate of drug-likeness (QED) is 0.0322. The number of carbonyl (C=O) groups excluding carboxylic acids is 6. The second kappa shape index (κ2) is 36.1. The van der Waals surface area contributed by atoms with E-state index >= 15 is 0 Å². The molecule has 31 heteroatoms. The second-order valence-corrected chi connectivity index (χ2v) is 28.9. The van der Waals surface area contributed by atoms with Gasteiger partial charge >= 0.3 is 6.18 Å². The van der Waals surface area contributed by atoms with Crippen molar-refractivity contribution in [2.75, 3.05) is 63.6 Å². The molecule has 0 saturated carbocycles. The Morgan fingerprint density at radius 3 is 1.21 bits per heavy atom. The highest BCUT2D eigenvalue weighted by Gasteiger charge is 2.37. The molecule has 3 aliphatic rings. The molecule has 118 heavy (non-hydrogen) atoms. The van der Waals surface area contributed by atoms with E-state index in [-0.39, 0.29) is 90.0 Å². The molecule has 3 aliphatic heterocycles. The van der Waals surface area contributed by atoms with Gasteiger partial charge in [0.05, 0.1) is 63.6 Å². The molecule has 9 heterocycles. The Balaban J connectivity index is 0.000000154. The van der Waals surface area contributed by atoms with Crippen LogP contribution in [0.1, 0.15) is 135 Å². The van der Waals surface area contributed by atoms with E-state index in [1.54, 1.807) is 62.7 Å². The summed E-state index contributed by atoms with van der Waals surface area (Å²) >= 11 is 0. The van der Waals surface area contributed by atoms with Crippen LogP contribution in [-0.2, 0) is 39.8 Å². The summed E-state index contributed by atoms with van der Waals surface area (Å²) in [7, 11) is 1.47. The van der Waals surface area contributed by atoms with Gasteiger partial charge in [-0.3, -0.25) is 28.8 Å². The number of piperidine rings is 3. The first-order chi connectivity index (χ1) is 56.8. The van der Waals surface area contributed by atoms with E-state index in [0.29, 0.717) is 137 Å². The van der Waals surface area contributed by atoms with Crippen molar-refractivity contribution in [3.05, 3.63) is 246 Å². The molecule has 6 N–H and O–H groups in total. The largest absolute Gasteiger partial charge is 0.497 e. The van der Waals surface area contributed by atoms with E-state index in [1.807, 2.05) is 57.9 Å². The maximum atomic E-state index is 14.4. The summed E-state index contributed by atoms with van der Waals surface area (Å²) in [6.45, 7) is 16.0. The molecular weight excluding hydrogens is 1520 g/mol. The van der Waals surface area contributed by atoms with Gasteiger partial charge in [-0.1, -0.05) is 111 Å². The Morgan fingerprint density at radius 1 is 0.475 bits per heavy atom. The minimum atomic E-state index is -4.89. The van der Waals surface area contributed by atoms with Crippen molar-refractivity contribution in [1.29, 1.82) is 0 Å². The Kier molecular flexibility index (Phi) is 25.2. The zero-order valence-corrected chi connectivity index (χ0v) is 64.7. The number of aryl methyl sites for hydroxylation is 4. The van der Waals surface area contributed by atoms with Crippen LogP contribution < -0.4 is 21.9 Å². The first-order valence-electron chi connectivity index (χ1n) is 38.4. The molecule has 3 unspecified atom stereocenters. The number of alkyl halides is 3. The monoisotopic (exact) mass is 1610 g/mol. The number of ether oxygens (including phenoxy) is 1. The van der Waals surface area contributed by atoms with Crippen LogP contribution in [0.5, 0.6) is 5.75 Å². The summed E-state index contributed by atoms with van der Waals surface area (Å²) in [6.07, 6.45) is 9.59. The maximum absolute atomic E-state index is 14.4. The average molecular weight is 1610 g/mol. The van der Waals surface area contributed by atoms with Gasteiger partial charge in [-0.15, -0.1) is 0 Å². The molecule has 0 radical (unpaired) electrons. The fourth-order valence-corrected chi connectivity index (χ4v) is 15.3. The number of hydrogen-bond donors (Lipinski definition) is 3. The number of anilines is 3. The molecular formula is C87H84F6N18O7. The van der Waals surface area contributed by atoms with E-state index in [2.05, 4.69) is 49.6 Å². The molecule has 12 aromatic rings. The van der Waals surface area contributed by atoms with Crippen LogP contribution in [0, 0.1) is 24.4 Å². The lowest BCUT2D eigenvalue weighted by Crippen LogP contribution is -2.40.